The lowest BCUT2D eigenvalue weighted by atomic mass is 10.1. The SMILES string of the molecule is Cc1ccc(Cn2nc(C)c(C(=O)Nc3ccc(Cl)c(Cl)c3)c2Cl)cc1. The number of nitrogens with one attached hydrogen (secondary N) is 1. The number of anilines is 1. The van der Waals surface area contributed by atoms with E-state index in [-0.39, 0.29) is 5.91 Å². The Morgan fingerprint density at radius 1 is 1.04 bits per heavy atom. The molecule has 0 aliphatic rings. The highest BCUT2D eigenvalue weighted by Crippen LogP contribution is 2.27. The summed E-state index contributed by atoms with van der Waals surface area (Å²) < 4.78 is 1.62. The quantitative estimate of drug-likeness (QED) is 0.596. The van der Waals surface area contributed by atoms with Crippen LogP contribution in [0.15, 0.2) is 42.5 Å². The number of carbonyl (C=O) groups excluding carboxylic acids is 1. The fourth-order valence-electron chi connectivity index (χ4n) is 2.55. The fourth-order valence-corrected chi connectivity index (χ4v) is 3.17. The maximum absolute atomic E-state index is 12.6. The Balaban J connectivity index is 1.83. The summed E-state index contributed by atoms with van der Waals surface area (Å²) in [6.07, 6.45) is 0. The van der Waals surface area contributed by atoms with Crippen LogP contribution in [0.1, 0.15) is 27.2 Å². The molecular formula is C19H16Cl3N3O. The van der Waals surface area contributed by atoms with Crippen LogP contribution in [-0.2, 0) is 6.54 Å². The van der Waals surface area contributed by atoms with Gasteiger partial charge in [-0.15, -0.1) is 0 Å². The van der Waals surface area contributed by atoms with E-state index in [4.69, 9.17) is 34.8 Å². The van der Waals surface area contributed by atoms with Crippen LogP contribution in [-0.4, -0.2) is 15.7 Å². The molecule has 0 atom stereocenters. The first-order valence-corrected chi connectivity index (χ1v) is 9.03. The number of carbonyl (C=O) groups is 1. The Hall–Kier alpha value is -2.01. The van der Waals surface area contributed by atoms with Gasteiger partial charge in [-0.25, -0.2) is 4.68 Å². The lowest BCUT2D eigenvalue weighted by Crippen LogP contribution is -2.13. The van der Waals surface area contributed by atoms with Crippen LogP contribution >= 0.6 is 34.8 Å². The van der Waals surface area contributed by atoms with Crippen LogP contribution in [0.5, 0.6) is 0 Å². The van der Waals surface area contributed by atoms with Gasteiger partial charge in [0.05, 0.1) is 27.8 Å². The average Bonchev–Trinajstić information content (AvgIpc) is 2.87. The second-order valence-electron chi connectivity index (χ2n) is 5.98. The number of hydrogen-bond donors (Lipinski definition) is 1. The highest BCUT2D eigenvalue weighted by Gasteiger charge is 2.20. The van der Waals surface area contributed by atoms with Crippen molar-refractivity contribution in [2.24, 2.45) is 0 Å². The Kier molecular flexibility index (Phi) is 5.56. The monoisotopic (exact) mass is 407 g/mol. The lowest BCUT2D eigenvalue weighted by Gasteiger charge is -2.07. The summed E-state index contributed by atoms with van der Waals surface area (Å²) in [6, 6.07) is 13.0. The van der Waals surface area contributed by atoms with Crippen molar-refractivity contribution >= 4 is 46.4 Å². The Morgan fingerprint density at radius 3 is 2.38 bits per heavy atom. The van der Waals surface area contributed by atoms with E-state index in [2.05, 4.69) is 10.4 Å². The smallest absolute Gasteiger partial charge is 0.260 e. The van der Waals surface area contributed by atoms with Crippen LogP contribution in [0.4, 0.5) is 5.69 Å². The van der Waals surface area contributed by atoms with Crippen molar-refractivity contribution in [1.29, 1.82) is 0 Å². The molecule has 0 unspecified atom stereocenters. The Labute approximate surface area is 166 Å². The van der Waals surface area contributed by atoms with Gasteiger partial charge in [0, 0.05) is 5.69 Å². The number of rotatable bonds is 4. The van der Waals surface area contributed by atoms with Gasteiger partial charge in [-0.1, -0.05) is 64.6 Å². The zero-order chi connectivity index (χ0) is 18.8. The molecule has 1 heterocycles. The van der Waals surface area contributed by atoms with E-state index in [9.17, 15) is 4.79 Å². The Morgan fingerprint density at radius 2 is 1.73 bits per heavy atom. The van der Waals surface area contributed by atoms with Gasteiger partial charge in [-0.05, 0) is 37.6 Å². The highest BCUT2D eigenvalue weighted by molar-refractivity contribution is 6.42. The second-order valence-corrected chi connectivity index (χ2v) is 7.15. The van der Waals surface area contributed by atoms with Crippen LogP contribution in [0.3, 0.4) is 0 Å². The molecule has 26 heavy (non-hydrogen) atoms. The molecule has 2 aromatic carbocycles. The summed E-state index contributed by atoms with van der Waals surface area (Å²) in [6.45, 7) is 4.27. The molecule has 0 fully saturated rings. The van der Waals surface area contributed by atoms with Crippen LogP contribution in [0, 0.1) is 13.8 Å². The van der Waals surface area contributed by atoms with Gasteiger partial charge in [-0.2, -0.15) is 5.10 Å². The molecule has 0 saturated heterocycles. The molecule has 3 aromatic rings. The van der Waals surface area contributed by atoms with E-state index in [0.29, 0.717) is 38.7 Å². The third kappa shape index (κ3) is 4.04. The number of nitrogens with zero attached hydrogens (tertiary/aromatic N) is 2. The first-order valence-electron chi connectivity index (χ1n) is 7.90. The fraction of sp³-hybridized carbons (Fsp3) is 0.158. The van der Waals surface area contributed by atoms with E-state index >= 15 is 0 Å². The molecule has 0 spiro atoms. The maximum Gasteiger partial charge on any atom is 0.260 e. The molecule has 7 heteroatoms. The zero-order valence-electron chi connectivity index (χ0n) is 14.2. The number of halogens is 3. The Bertz CT molecular complexity index is 965. The van der Waals surface area contributed by atoms with Gasteiger partial charge in [0.1, 0.15) is 5.15 Å². The molecule has 134 valence electrons. The van der Waals surface area contributed by atoms with Crippen molar-refractivity contribution < 1.29 is 4.79 Å². The van der Waals surface area contributed by atoms with E-state index in [0.717, 1.165) is 5.56 Å². The first-order chi connectivity index (χ1) is 12.3. The third-order valence-electron chi connectivity index (χ3n) is 3.92. The molecule has 0 radical (unpaired) electrons. The van der Waals surface area contributed by atoms with Crippen molar-refractivity contribution in [3.8, 4) is 0 Å². The number of benzene rings is 2. The molecule has 0 bridgehead atoms. The topological polar surface area (TPSA) is 46.9 Å². The minimum absolute atomic E-state index is 0.292. The van der Waals surface area contributed by atoms with Crippen molar-refractivity contribution in [2.45, 2.75) is 20.4 Å². The summed E-state index contributed by atoms with van der Waals surface area (Å²) in [4.78, 5) is 12.6. The van der Waals surface area contributed by atoms with Gasteiger partial charge in [-0.3, -0.25) is 4.79 Å². The summed E-state index contributed by atoms with van der Waals surface area (Å²) in [5, 5.41) is 8.25. The largest absolute Gasteiger partial charge is 0.322 e. The molecule has 0 aliphatic heterocycles. The lowest BCUT2D eigenvalue weighted by molar-refractivity contribution is 0.102. The minimum atomic E-state index is -0.346. The molecule has 1 N–H and O–H groups in total. The zero-order valence-corrected chi connectivity index (χ0v) is 16.5. The normalized spacial score (nSPS) is 10.8. The van der Waals surface area contributed by atoms with Crippen molar-refractivity contribution in [3.63, 3.8) is 0 Å². The van der Waals surface area contributed by atoms with E-state index in [1.807, 2.05) is 31.2 Å². The van der Waals surface area contributed by atoms with Gasteiger partial charge < -0.3 is 5.32 Å². The molecule has 0 saturated carbocycles. The summed E-state index contributed by atoms with van der Waals surface area (Å²) >= 11 is 18.3. The van der Waals surface area contributed by atoms with Crippen LogP contribution in [0.25, 0.3) is 0 Å². The molecule has 4 nitrogen and oxygen atoms in total. The minimum Gasteiger partial charge on any atom is -0.322 e. The maximum atomic E-state index is 12.6. The summed E-state index contributed by atoms with van der Waals surface area (Å²) in [7, 11) is 0. The number of hydrogen-bond acceptors (Lipinski definition) is 2. The van der Waals surface area contributed by atoms with Gasteiger partial charge in [0.2, 0.25) is 0 Å². The predicted octanol–water partition coefficient (Wildman–Crippen LogP) is 5.76. The third-order valence-corrected chi connectivity index (χ3v) is 5.05. The average molecular weight is 409 g/mol. The van der Waals surface area contributed by atoms with Gasteiger partial charge >= 0.3 is 0 Å². The van der Waals surface area contributed by atoms with Crippen molar-refractivity contribution in [1.82, 2.24) is 9.78 Å². The molecule has 3 rings (SSSR count). The van der Waals surface area contributed by atoms with Gasteiger partial charge in [0.15, 0.2) is 0 Å². The van der Waals surface area contributed by atoms with Crippen LogP contribution in [0.2, 0.25) is 15.2 Å². The van der Waals surface area contributed by atoms with Crippen molar-refractivity contribution in [3.05, 3.63) is 80.0 Å². The van der Waals surface area contributed by atoms with Crippen molar-refractivity contribution in [2.75, 3.05) is 5.32 Å². The highest BCUT2D eigenvalue weighted by atomic mass is 35.5. The van der Waals surface area contributed by atoms with E-state index in [1.165, 1.54) is 5.56 Å². The van der Waals surface area contributed by atoms with E-state index in [1.54, 1.807) is 29.8 Å². The second kappa shape index (κ2) is 7.70. The van der Waals surface area contributed by atoms with Crippen LogP contribution < -0.4 is 5.32 Å². The first kappa shape index (κ1) is 18.8. The molecule has 0 aliphatic carbocycles. The summed E-state index contributed by atoms with van der Waals surface area (Å²) in [5.74, 6) is -0.346. The number of aryl methyl sites for hydroxylation is 2. The predicted molar refractivity (Wildman–Crippen MR) is 107 cm³/mol. The number of amides is 1. The standard InChI is InChI=1S/C19H16Cl3N3O/c1-11-3-5-13(6-4-11)10-25-18(22)17(12(2)24-25)19(26)23-14-7-8-15(20)16(21)9-14/h3-9H,10H2,1-2H3,(H,23,26). The molecule has 1 aromatic heterocycles. The summed E-state index contributed by atoms with van der Waals surface area (Å²) in [5.41, 5.74) is 3.66. The van der Waals surface area contributed by atoms with E-state index < -0.39 is 0 Å². The molecular weight excluding hydrogens is 393 g/mol. The van der Waals surface area contributed by atoms with Gasteiger partial charge in [0.25, 0.3) is 5.91 Å². The number of aromatic nitrogens is 2. The molecule has 1 amide bonds.